The second-order valence-corrected chi connectivity index (χ2v) is 1.94. The zero-order chi connectivity index (χ0) is 6.85. The lowest BCUT2D eigenvalue weighted by Crippen LogP contribution is -2.34. The van der Waals surface area contributed by atoms with Crippen LogP contribution in [0.15, 0.2) is 0 Å². The average Bonchev–Trinajstić information content (AvgIpc) is 2.15. The molecule has 0 aromatic heterocycles. The zero-order valence-electron chi connectivity index (χ0n) is 5.33. The van der Waals surface area contributed by atoms with Crippen LogP contribution in [0, 0.1) is 0 Å². The molecular formula is C5H10N2O2. The van der Waals surface area contributed by atoms with Crippen molar-refractivity contribution in [3.05, 3.63) is 0 Å². The van der Waals surface area contributed by atoms with Gasteiger partial charge in [-0.25, -0.2) is 5.06 Å². The molecular weight excluding hydrogens is 120 g/mol. The van der Waals surface area contributed by atoms with E-state index in [0.29, 0.717) is 13.2 Å². The van der Waals surface area contributed by atoms with Gasteiger partial charge in [0.2, 0.25) is 0 Å². The monoisotopic (exact) mass is 130 g/mol. The lowest BCUT2D eigenvalue weighted by Gasteiger charge is -2.08. The van der Waals surface area contributed by atoms with E-state index in [1.54, 1.807) is 0 Å². The number of carbonyl (C=O) groups is 1. The van der Waals surface area contributed by atoms with E-state index in [0.717, 1.165) is 0 Å². The van der Waals surface area contributed by atoms with Gasteiger partial charge in [-0.3, -0.25) is 9.63 Å². The summed E-state index contributed by atoms with van der Waals surface area (Å²) in [6.07, 6.45) is 0. The van der Waals surface area contributed by atoms with Crippen molar-refractivity contribution < 1.29 is 9.63 Å². The van der Waals surface area contributed by atoms with Crippen LogP contribution in [0.4, 0.5) is 0 Å². The fraction of sp³-hybridized carbons (Fsp3) is 0.800. The quantitative estimate of drug-likeness (QED) is 0.501. The largest absolute Gasteiger partial charge is 0.318 e. The summed E-state index contributed by atoms with van der Waals surface area (Å²) in [5, 5.41) is 1.28. The van der Waals surface area contributed by atoms with Crippen LogP contribution in [0.2, 0.25) is 0 Å². The van der Waals surface area contributed by atoms with Gasteiger partial charge in [-0.2, -0.15) is 0 Å². The number of carbonyl (C=O) groups excluding carboxylic acids is 1. The predicted octanol–water partition coefficient (Wildman–Crippen LogP) is -0.893. The number of nitrogens with two attached hydrogens (primary N) is 1. The Morgan fingerprint density at radius 2 is 2.67 bits per heavy atom. The topological polar surface area (TPSA) is 55.6 Å². The first-order valence-electron chi connectivity index (χ1n) is 2.95. The Morgan fingerprint density at radius 3 is 2.89 bits per heavy atom. The van der Waals surface area contributed by atoms with Crippen molar-refractivity contribution in [1.29, 1.82) is 0 Å². The molecule has 1 amide bonds. The van der Waals surface area contributed by atoms with E-state index in [1.165, 1.54) is 5.06 Å². The van der Waals surface area contributed by atoms with Gasteiger partial charge in [-0.15, -0.1) is 0 Å². The van der Waals surface area contributed by atoms with Crippen LogP contribution in [0.5, 0.6) is 0 Å². The fourth-order valence-corrected chi connectivity index (χ4v) is 0.737. The van der Waals surface area contributed by atoms with Crippen LogP contribution >= 0.6 is 0 Å². The van der Waals surface area contributed by atoms with Gasteiger partial charge in [0, 0.05) is 6.54 Å². The van der Waals surface area contributed by atoms with Crippen LogP contribution in [-0.2, 0) is 9.63 Å². The Hall–Kier alpha value is -0.610. The Balaban J connectivity index is 2.51. The maximum atomic E-state index is 10.8. The van der Waals surface area contributed by atoms with Gasteiger partial charge in [0.25, 0.3) is 5.91 Å². The third-order valence-electron chi connectivity index (χ3n) is 1.26. The van der Waals surface area contributed by atoms with Crippen LogP contribution in [-0.4, -0.2) is 30.2 Å². The van der Waals surface area contributed by atoms with E-state index in [-0.39, 0.29) is 5.91 Å². The smallest absolute Gasteiger partial charge is 0.265 e. The highest BCUT2D eigenvalue weighted by molar-refractivity contribution is 5.82. The molecule has 9 heavy (non-hydrogen) atoms. The van der Waals surface area contributed by atoms with E-state index in [2.05, 4.69) is 0 Å². The number of nitrogens with zero attached hydrogens (tertiary/aromatic N) is 1. The molecule has 1 rings (SSSR count). The lowest BCUT2D eigenvalue weighted by molar-refractivity contribution is -0.160. The molecule has 4 heteroatoms. The van der Waals surface area contributed by atoms with Crippen LogP contribution in [0.3, 0.4) is 0 Å². The molecule has 1 aliphatic rings. The predicted molar refractivity (Wildman–Crippen MR) is 31.3 cm³/mol. The summed E-state index contributed by atoms with van der Waals surface area (Å²) >= 11 is 0. The van der Waals surface area contributed by atoms with Crippen LogP contribution < -0.4 is 5.73 Å². The molecule has 1 heterocycles. The summed E-state index contributed by atoms with van der Waals surface area (Å²) in [5.41, 5.74) is 5.33. The molecule has 52 valence electrons. The van der Waals surface area contributed by atoms with Crippen molar-refractivity contribution >= 4 is 5.91 Å². The summed E-state index contributed by atoms with van der Waals surface area (Å²) in [6.45, 7) is 2.75. The lowest BCUT2D eigenvalue weighted by atomic mass is 10.3. The van der Waals surface area contributed by atoms with Crippen molar-refractivity contribution in [2.75, 3.05) is 13.2 Å². The molecule has 4 nitrogen and oxygen atoms in total. The van der Waals surface area contributed by atoms with E-state index in [9.17, 15) is 4.79 Å². The maximum absolute atomic E-state index is 10.8. The molecule has 0 radical (unpaired) electrons. The number of hydroxylamine groups is 2. The van der Waals surface area contributed by atoms with E-state index < -0.39 is 6.04 Å². The summed E-state index contributed by atoms with van der Waals surface area (Å²) in [4.78, 5) is 15.7. The Bertz CT molecular complexity index is 126. The number of hydrogen-bond acceptors (Lipinski definition) is 3. The first-order valence-corrected chi connectivity index (χ1v) is 2.95. The van der Waals surface area contributed by atoms with Crippen molar-refractivity contribution in [1.82, 2.24) is 5.06 Å². The van der Waals surface area contributed by atoms with Crippen molar-refractivity contribution in [2.24, 2.45) is 5.73 Å². The molecule has 0 bridgehead atoms. The Kier molecular flexibility index (Phi) is 1.68. The molecule has 0 saturated carbocycles. The van der Waals surface area contributed by atoms with Crippen molar-refractivity contribution in [3.8, 4) is 0 Å². The second kappa shape index (κ2) is 2.33. The second-order valence-electron chi connectivity index (χ2n) is 1.94. The van der Waals surface area contributed by atoms with Crippen LogP contribution in [0.1, 0.15) is 6.92 Å². The van der Waals surface area contributed by atoms with Crippen molar-refractivity contribution in [2.45, 2.75) is 13.0 Å². The van der Waals surface area contributed by atoms with Gasteiger partial charge >= 0.3 is 0 Å². The standard InChI is InChI=1S/C5H10N2O2/c1-2-7-5(8)4(6)3-9-7/h4H,2-3,6H2,1H3. The molecule has 1 saturated heterocycles. The zero-order valence-corrected chi connectivity index (χ0v) is 5.33. The first kappa shape index (κ1) is 6.51. The third kappa shape index (κ3) is 1.04. The number of hydrogen-bond donors (Lipinski definition) is 1. The third-order valence-corrected chi connectivity index (χ3v) is 1.26. The first-order chi connectivity index (χ1) is 4.25. The number of likely N-dealkylation sites (N-methyl/N-ethyl adjacent to an activating group) is 1. The van der Waals surface area contributed by atoms with Crippen molar-refractivity contribution in [3.63, 3.8) is 0 Å². The molecule has 1 fully saturated rings. The summed E-state index contributed by atoms with van der Waals surface area (Å²) in [7, 11) is 0. The molecule has 0 aromatic carbocycles. The van der Waals surface area contributed by atoms with E-state index >= 15 is 0 Å². The summed E-state index contributed by atoms with van der Waals surface area (Å²) in [5.74, 6) is -0.113. The minimum atomic E-state index is -0.440. The maximum Gasteiger partial charge on any atom is 0.265 e. The number of rotatable bonds is 1. The highest BCUT2D eigenvalue weighted by Crippen LogP contribution is 2.03. The molecule has 1 unspecified atom stereocenters. The summed E-state index contributed by atoms with van der Waals surface area (Å²) < 4.78 is 0. The van der Waals surface area contributed by atoms with Gasteiger partial charge in [-0.1, -0.05) is 0 Å². The average molecular weight is 130 g/mol. The minimum absolute atomic E-state index is 0.113. The molecule has 0 aromatic rings. The molecule has 1 atom stereocenters. The Labute approximate surface area is 53.5 Å². The van der Waals surface area contributed by atoms with Gasteiger partial charge in [0.1, 0.15) is 6.04 Å². The van der Waals surface area contributed by atoms with Gasteiger partial charge in [0.05, 0.1) is 6.61 Å². The molecule has 0 spiro atoms. The van der Waals surface area contributed by atoms with E-state index in [4.69, 9.17) is 10.6 Å². The van der Waals surface area contributed by atoms with Gasteiger partial charge in [-0.05, 0) is 6.92 Å². The highest BCUT2D eigenvalue weighted by Gasteiger charge is 2.28. The SMILES string of the molecule is CCN1OCC(N)C1=O. The number of amides is 1. The summed E-state index contributed by atoms with van der Waals surface area (Å²) in [6, 6.07) is -0.440. The molecule has 0 aliphatic carbocycles. The minimum Gasteiger partial charge on any atom is -0.318 e. The van der Waals surface area contributed by atoms with Crippen LogP contribution in [0.25, 0.3) is 0 Å². The van der Waals surface area contributed by atoms with E-state index in [1.807, 2.05) is 6.92 Å². The molecule has 1 aliphatic heterocycles. The molecule has 2 N–H and O–H groups in total. The fourth-order valence-electron chi connectivity index (χ4n) is 0.737. The van der Waals surface area contributed by atoms with Gasteiger partial charge in [0.15, 0.2) is 0 Å². The van der Waals surface area contributed by atoms with Gasteiger partial charge < -0.3 is 5.73 Å². The normalized spacial score (nSPS) is 27.6. The Morgan fingerprint density at radius 1 is 2.00 bits per heavy atom. The highest BCUT2D eigenvalue weighted by atomic mass is 16.7.